The topological polar surface area (TPSA) is 111 Å². The molecular weight excluding hydrogens is 384 g/mol. The lowest BCUT2D eigenvalue weighted by molar-refractivity contribution is -0.421. The molecule has 8 heteroatoms. The van der Waals surface area contributed by atoms with Crippen molar-refractivity contribution in [3.63, 3.8) is 0 Å². The van der Waals surface area contributed by atoms with Gasteiger partial charge in [-0.25, -0.2) is 0 Å². The zero-order valence-corrected chi connectivity index (χ0v) is 18.2. The Bertz CT molecular complexity index is 665. The first kappa shape index (κ1) is 25.5. The van der Waals surface area contributed by atoms with Crippen LogP contribution >= 0.6 is 0 Å². The number of nitrogens with one attached hydrogen (secondary N) is 1. The molecule has 1 aromatic rings. The molecule has 0 atom stereocenters. The highest BCUT2D eigenvalue weighted by Crippen LogP contribution is 2.34. The van der Waals surface area contributed by atoms with Crippen LogP contribution in [0.3, 0.4) is 0 Å². The van der Waals surface area contributed by atoms with Crippen molar-refractivity contribution >= 4 is 23.3 Å². The van der Waals surface area contributed by atoms with Crippen LogP contribution in [0.1, 0.15) is 96.8 Å². The molecular formula is C22H36N4O4. The van der Waals surface area contributed by atoms with Gasteiger partial charge in [0.2, 0.25) is 0 Å². The minimum absolute atomic E-state index is 0.0239. The number of nitro benzene ring substituents is 2. The number of nitro groups is 2. The Balaban J connectivity index is 2.10. The highest BCUT2D eigenvalue weighted by molar-refractivity contribution is 5.72. The van der Waals surface area contributed by atoms with E-state index in [1.54, 1.807) is 6.21 Å². The van der Waals surface area contributed by atoms with Crippen LogP contribution in [-0.4, -0.2) is 16.1 Å². The van der Waals surface area contributed by atoms with Crippen LogP contribution < -0.4 is 5.43 Å². The number of hydrogen-bond acceptors (Lipinski definition) is 6. The SMILES string of the molecule is CCCCCCCCCCCCCCC/C=N/Nc1cccc([N+](=O)[O-])c1[N+](=O)[O-]. The summed E-state index contributed by atoms with van der Waals surface area (Å²) in [7, 11) is 0. The van der Waals surface area contributed by atoms with Gasteiger partial charge >= 0.3 is 11.4 Å². The van der Waals surface area contributed by atoms with E-state index in [0.29, 0.717) is 0 Å². The van der Waals surface area contributed by atoms with Crippen molar-refractivity contribution in [3.05, 3.63) is 38.4 Å². The Morgan fingerprint density at radius 2 is 1.37 bits per heavy atom. The Hall–Kier alpha value is -2.51. The molecule has 0 fully saturated rings. The number of anilines is 1. The van der Waals surface area contributed by atoms with Crippen molar-refractivity contribution in [1.82, 2.24) is 0 Å². The summed E-state index contributed by atoms with van der Waals surface area (Å²) in [5.41, 5.74) is 1.47. The van der Waals surface area contributed by atoms with Crippen molar-refractivity contribution < 1.29 is 9.85 Å². The molecule has 0 heterocycles. The van der Waals surface area contributed by atoms with E-state index in [2.05, 4.69) is 17.5 Å². The van der Waals surface area contributed by atoms with Gasteiger partial charge in [-0.15, -0.1) is 0 Å². The van der Waals surface area contributed by atoms with Gasteiger partial charge in [-0.3, -0.25) is 25.7 Å². The zero-order chi connectivity index (χ0) is 22.0. The van der Waals surface area contributed by atoms with Gasteiger partial charge in [-0.05, 0) is 18.9 Å². The molecule has 0 saturated carbocycles. The Morgan fingerprint density at radius 3 is 1.87 bits per heavy atom. The van der Waals surface area contributed by atoms with Gasteiger partial charge in [0.15, 0.2) is 0 Å². The summed E-state index contributed by atoms with van der Waals surface area (Å²) in [5.74, 6) is 0. The third-order valence-electron chi connectivity index (χ3n) is 5.11. The fourth-order valence-corrected chi connectivity index (χ4v) is 3.39. The molecule has 8 nitrogen and oxygen atoms in total. The van der Waals surface area contributed by atoms with Gasteiger partial charge in [0.25, 0.3) is 0 Å². The monoisotopic (exact) mass is 420 g/mol. The Kier molecular flexibility index (Phi) is 13.9. The lowest BCUT2D eigenvalue weighted by Crippen LogP contribution is -2.01. The van der Waals surface area contributed by atoms with Crippen LogP contribution in [0.25, 0.3) is 0 Å². The summed E-state index contributed by atoms with van der Waals surface area (Å²) in [6.07, 6.45) is 19.3. The second-order valence-corrected chi connectivity index (χ2v) is 7.64. The van der Waals surface area contributed by atoms with Crippen LogP contribution in [0.5, 0.6) is 0 Å². The molecule has 0 aliphatic carbocycles. The van der Waals surface area contributed by atoms with Crippen LogP contribution in [0.15, 0.2) is 23.3 Å². The first-order chi connectivity index (χ1) is 14.6. The van der Waals surface area contributed by atoms with E-state index in [0.717, 1.165) is 25.3 Å². The Morgan fingerprint density at radius 1 is 0.833 bits per heavy atom. The third-order valence-corrected chi connectivity index (χ3v) is 5.11. The fourth-order valence-electron chi connectivity index (χ4n) is 3.39. The number of benzene rings is 1. The molecule has 0 spiro atoms. The molecule has 0 aromatic heterocycles. The van der Waals surface area contributed by atoms with Crippen LogP contribution in [0.4, 0.5) is 17.1 Å². The minimum Gasteiger partial charge on any atom is -0.272 e. The Labute approximate surface area is 179 Å². The first-order valence-corrected chi connectivity index (χ1v) is 11.3. The van der Waals surface area contributed by atoms with E-state index in [1.807, 2.05) is 0 Å². The average Bonchev–Trinajstić information content (AvgIpc) is 2.73. The van der Waals surface area contributed by atoms with E-state index >= 15 is 0 Å². The van der Waals surface area contributed by atoms with Crippen LogP contribution in [-0.2, 0) is 0 Å². The predicted molar refractivity (Wildman–Crippen MR) is 122 cm³/mol. The van der Waals surface area contributed by atoms with Crippen LogP contribution in [0, 0.1) is 20.2 Å². The lowest BCUT2D eigenvalue weighted by atomic mass is 10.0. The number of unbranched alkanes of at least 4 members (excludes halogenated alkanes) is 13. The molecule has 30 heavy (non-hydrogen) atoms. The van der Waals surface area contributed by atoms with Crippen LogP contribution in [0.2, 0.25) is 0 Å². The number of rotatable bonds is 18. The summed E-state index contributed by atoms with van der Waals surface area (Å²) in [5, 5.41) is 26.0. The van der Waals surface area contributed by atoms with E-state index in [9.17, 15) is 20.2 Å². The molecule has 0 bridgehead atoms. The van der Waals surface area contributed by atoms with Crippen molar-refractivity contribution in [2.24, 2.45) is 5.10 Å². The highest BCUT2D eigenvalue weighted by Gasteiger charge is 2.27. The fraction of sp³-hybridized carbons (Fsp3) is 0.682. The van der Waals surface area contributed by atoms with Crippen molar-refractivity contribution in [2.75, 3.05) is 5.43 Å². The molecule has 1 aromatic carbocycles. The summed E-state index contributed by atoms with van der Waals surface area (Å²) in [4.78, 5) is 20.5. The zero-order valence-electron chi connectivity index (χ0n) is 18.2. The molecule has 0 radical (unpaired) electrons. The smallest absolute Gasteiger partial charge is 0.272 e. The van der Waals surface area contributed by atoms with Crippen molar-refractivity contribution in [2.45, 2.75) is 96.8 Å². The maximum absolute atomic E-state index is 11.1. The summed E-state index contributed by atoms with van der Waals surface area (Å²) < 4.78 is 0. The van der Waals surface area contributed by atoms with Crippen molar-refractivity contribution in [3.8, 4) is 0 Å². The number of nitrogens with zero attached hydrogens (tertiary/aromatic N) is 3. The molecule has 1 N–H and O–H groups in total. The number of para-hydroxylation sites is 1. The molecule has 0 aliphatic rings. The van der Waals surface area contributed by atoms with Gasteiger partial charge in [0.1, 0.15) is 5.69 Å². The normalized spacial score (nSPS) is 11.1. The highest BCUT2D eigenvalue weighted by atomic mass is 16.6. The molecule has 0 unspecified atom stereocenters. The van der Waals surface area contributed by atoms with Crippen molar-refractivity contribution in [1.29, 1.82) is 0 Å². The second-order valence-electron chi connectivity index (χ2n) is 7.64. The van der Waals surface area contributed by atoms with E-state index in [4.69, 9.17) is 0 Å². The van der Waals surface area contributed by atoms with E-state index in [-0.39, 0.29) is 5.69 Å². The third kappa shape index (κ3) is 10.9. The average molecular weight is 421 g/mol. The van der Waals surface area contributed by atoms with Gasteiger partial charge in [-0.1, -0.05) is 90.0 Å². The largest absolute Gasteiger partial charge is 0.370 e. The second kappa shape index (κ2) is 16.3. The first-order valence-electron chi connectivity index (χ1n) is 11.3. The molecule has 168 valence electrons. The standard InChI is InChI=1S/C22H36N4O4/c1-2-3-4-5-6-7-8-9-10-11-12-13-14-15-19-23-24-20-17-16-18-21(25(27)28)22(20)26(29)30/h16-19,24H,2-15H2,1H3/b23-19+. The lowest BCUT2D eigenvalue weighted by Gasteiger charge is -2.03. The molecule has 0 aliphatic heterocycles. The van der Waals surface area contributed by atoms with E-state index in [1.165, 1.54) is 82.8 Å². The molecule has 0 amide bonds. The summed E-state index contributed by atoms with van der Waals surface area (Å²) >= 11 is 0. The maximum atomic E-state index is 11.1. The minimum atomic E-state index is -0.763. The van der Waals surface area contributed by atoms with Gasteiger partial charge in [0, 0.05) is 12.3 Å². The van der Waals surface area contributed by atoms with Gasteiger partial charge in [0.05, 0.1) is 9.85 Å². The number of hydrogen-bond donors (Lipinski definition) is 1. The molecule has 1 rings (SSSR count). The maximum Gasteiger partial charge on any atom is 0.370 e. The summed E-state index contributed by atoms with van der Waals surface area (Å²) in [6.45, 7) is 2.25. The van der Waals surface area contributed by atoms with Gasteiger partial charge < -0.3 is 0 Å². The summed E-state index contributed by atoms with van der Waals surface area (Å²) in [6, 6.07) is 3.92. The quantitative estimate of drug-likeness (QED) is 0.115. The van der Waals surface area contributed by atoms with E-state index < -0.39 is 21.2 Å². The van der Waals surface area contributed by atoms with Gasteiger partial charge in [-0.2, -0.15) is 5.10 Å². The predicted octanol–water partition coefficient (Wildman–Crippen LogP) is 7.38. The number of hydrazone groups is 1. The molecule has 0 saturated heterocycles.